The summed E-state index contributed by atoms with van der Waals surface area (Å²) in [5, 5.41) is 23.0. The number of nitrogens with one attached hydrogen (secondary N) is 1. The molecule has 0 saturated carbocycles. The molecule has 1 unspecified atom stereocenters. The molecule has 3 rings (SSSR count). The maximum Gasteiger partial charge on any atom is 0.255 e. The summed E-state index contributed by atoms with van der Waals surface area (Å²) in [5.41, 5.74) is 4.88. The number of aromatic hydroxyl groups is 2. The fourth-order valence-corrected chi connectivity index (χ4v) is 3.65. The van der Waals surface area contributed by atoms with Crippen molar-refractivity contribution in [2.45, 2.75) is 39.5 Å². The lowest BCUT2D eigenvalue weighted by atomic mass is 9.91. The second-order valence-corrected chi connectivity index (χ2v) is 7.62. The highest BCUT2D eigenvalue weighted by atomic mass is 16.3. The van der Waals surface area contributed by atoms with Crippen LogP contribution >= 0.6 is 0 Å². The third-order valence-electron chi connectivity index (χ3n) is 5.65. The highest BCUT2D eigenvalue weighted by Crippen LogP contribution is 2.28. The Bertz CT molecular complexity index is 1030. The maximum atomic E-state index is 12.5. The SMILES string of the molecule is Cc1nc(CCC(CNC(=O)c2ccccc2O)c2ccccc2)c(C)c(C)c1O. The second-order valence-electron chi connectivity index (χ2n) is 7.62. The summed E-state index contributed by atoms with van der Waals surface area (Å²) in [6.45, 7) is 6.15. The van der Waals surface area contributed by atoms with E-state index in [4.69, 9.17) is 0 Å². The Balaban J connectivity index is 1.76. The van der Waals surface area contributed by atoms with Crippen LogP contribution in [0.5, 0.6) is 11.5 Å². The van der Waals surface area contributed by atoms with E-state index in [2.05, 4.69) is 22.4 Å². The molecule has 0 aliphatic heterocycles. The van der Waals surface area contributed by atoms with Crippen molar-refractivity contribution < 1.29 is 15.0 Å². The maximum absolute atomic E-state index is 12.5. The molecule has 1 amide bonds. The number of nitrogens with zero attached hydrogens (tertiary/aromatic N) is 1. The summed E-state index contributed by atoms with van der Waals surface area (Å²) in [7, 11) is 0. The van der Waals surface area contributed by atoms with Crippen LogP contribution in [0.15, 0.2) is 54.6 Å². The van der Waals surface area contributed by atoms with E-state index in [0.717, 1.165) is 35.2 Å². The Hall–Kier alpha value is -3.34. The van der Waals surface area contributed by atoms with Gasteiger partial charge in [0, 0.05) is 18.2 Å². The van der Waals surface area contributed by atoms with Crippen LogP contribution in [0.1, 0.15) is 50.8 Å². The number of benzene rings is 2. The predicted octanol–water partition coefficient (Wildman–Crippen LogP) is 4.56. The highest BCUT2D eigenvalue weighted by molar-refractivity contribution is 5.96. The van der Waals surface area contributed by atoms with Crippen LogP contribution in [0.4, 0.5) is 0 Å². The lowest BCUT2D eigenvalue weighted by molar-refractivity contribution is 0.0948. The molecule has 0 bridgehead atoms. The molecule has 0 spiro atoms. The molecule has 0 radical (unpaired) electrons. The number of pyridine rings is 1. The van der Waals surface area contributed by atoms with E-state index in [1.807, 2.05) is 39.0 Å². The molecule has 1 heterocycles. The van der Waals surface area contributed by atoms with Gasteiger partial charge in [0.25, 0.3) is 5.91 Å². The smallest absolute Gasteiger partial charge is 0.255 e. The van der Waals surface area contributed by atoms with Crippen molar-refractivity contribution in [3.05, 3.63) is 88.2 Å². The first kappa shape index (κ1) is 21.4. The van der Waals surface area contributed by atoms with Gasteiger partial charge in [0.2, 0.25) is 0 Å². The fourth-order valence-electron chi connectivity index (χ4n) is 3.65. The molecule has 1 atom stereocenters. The standard InChI is InChI=1S/C25H28N2O3/c1-16-17(2)24(29)18(3)27-22(16)14-13-20(19-9-5-4-6-10-19)15-26-25(30)21-11-7-8-12-23(21)28/h4-12,20,28-29H,13-15H2,1-3H3,(H,26,30). The minimum absolute atomic E-state index is 0.0267. The van der Waals surface area contributed by atoms with Gasteiger partial charge in [-0.25, -0.2) is 0 Å². The van der Waals surface area contributed by atoms with Gasteiger partial charge in [0.1, 0.15) is 11.5 Å². The van der Waals surface area contributed by atoms with Crippen LogP contribution in [0.25, 0.3) is 0 Å². The van der Waals surface area contributed by atoms with E-state index >= 15 is 0 Å². The first-order valence-electron chi connectivity index (χ1n) is 10.1. The Labute approximate surface area is 177 Å². The van der Waals surface area contributed by atoms with Gasteiger partial charge in [-0.05, 0) is 62.4 Å². The highest BCUT2D eigenvalue weighted by Gasteiger charge is 2.18. The molecule has 5 heteroatoms. The van der Waals surface area contributed by atoms with Gasteiger partial charge < -0.3 is 15.5 Å². The van der Waals surface area contributed by atoms with Gasteiger partial charge >= 0.3 is 0 Å². The largest absolute Gasteiger partial charge is 0.507 e. The van der Waals surface area contributed by atoms with Crippen molar-refractivity contribution in [3.8, 4) is 11.5 Å². The normalized spacial score (nSPS) is 11.8. The third-order valence-corrected chi connectivity index (χ3v) is 5.65. The van der Waals surface area contributed by atoms with Crippen LogP contribution in [0.3, 0.4) is 0 Å². The fraction of sp³-hybridized carbons (Fsp3) is 0.280. The molecule has 0 aliphatic carbocycles. The van der Waals surface area contributed by atoms with Gasteiger partial charge in [-0.1, -0.05) is 42.5 Å². The van der Waals surface area contributed by atoms with Gasteiger partial charge in [-0.2, -0.15) is 0 Å². The van der Waals surface area contributed by atoms with Crippen molar-refractivity contribution in [1.82, 2.24) is 10.3 Å². The lowest BCUT2D eigenvalue weighted by Gasteiger charge is -2.20. The molecule has 156 valence electrons. The van der Waals surface area contributed by atoms with Crippen molar-refractivity contribution in [3.63, 3.8) is 0 Å². The van der Waals surface area contributed by atoms with Crippen molar-refractivity contribution in [2.75, 3.05) is 6.54 Å². The number of hydrogen-bond donors (Lipinski definition) is 3. The average Bonchev–Trinajstić information content (AvgIpc) is 2.76. The predicted molar refractivity (Wildman–Crippen MR) is 118 cm³/mol. The second kappa shape index (κ2) is 9.44. The van der Waals surface area contributed by atoms with Gasteiger partial charge in [0.05, 0.1) is 11.3 Å². The van der Waals surface area contributed by atoms with Gasteiger partial charge in [0.15, 0.2) is 0 Å². The first-order valence-corrected chi connectivity index (χ1v) is 10.1. The summed E-state index contributed by atoms with van der Waals surface area (Å²) < 4.78 is 0. The van der Waals surface area contributed by atoms with E-state index in [1.54, 1.807) is 18.2 Å². The van der Waals surface area contributed by atoms with Gasteiger partial charge in [-0.3, -0.25) is 9.78 Å². The molecule has 0 saturated heterocycles. The number of aryl methyl sites for hydroxylation is 2. The number of amides is 1. The molecule has 0 aliphatic rings. The van der Waals surface area contributed by atoms with Crippen LogP contribution in [0, 0.1) is 20.8 Å². The average molecular weight is 405 g/mol. The summed E-state index contributed by atoms with van der Waals surface area (Å²) in [6, 6.07) is 16.6. The molecule has 3 N–H and O–H groups in total. The minimum atomic E-state index is -0.292. The van der Waals surface area contributed by atoms with Crippen LogP contribution in [-0.4, -0.2) is 27.6 Å². The van der Waals surface area contributed by atoms with E-state index in [-0.39, 0.29) is 28.9 Å². The van der Waals surface area contributed by atoms with Crippen LogP contribution in [-0.2, 0) is 6.42 Å². The molecule has 0 fully saturated rings. The number of rotatable bonds is 7. The Morgan fingerprint density at radius 1 is 0.967 bits per heavy atom. The summed E-state index contributed by atoms with van der Waals surface area (Å²) >= 11 is 0. The van der Waals surface area contributed by atoms with E-state index in [0.29, 0.717) is 12.2 Å². The number of hydrogen-bond acceptors (Lipinski definition) is 4. The minimum Gasteiger partial charge on any atom is -0.507 e. The lowest BCUT2D eigenvalue weighted by Crippen LogP contribution is -2.28. The number of phenolic OH excluding ortho intramolecular Hbond substituents is 1. The van der Waals surface area contributed by atoms with Crippen LogP contribution in [0.2, 0.25) is 0 Å². The van der Waals surface area contributed by atoms with E-state index in [1.165, 1.54) is 6.07 Å². The summed E-state index contributed by atoms with van der Waals surface area (Å²) in [5.74, 6) is 0.0307. The summed E-state index contributed by atoms with van der Waals surface area (Å²) in [4.78, 5) is 17.1. The topological polar surface area (TPSA) is 82.5 Å². The molecule has 3 aromatic rings. The van der Waals surface area contributed by atoms with Gasteiger partial charge in [-0.15, -0.1) is 0 Å². The quantitative estimate of drug-likeness (QED) is 0.539. The molecular weight excluding hydrogens is 376 g/mol. The molecule has 30 heavy (non-hydrogen) atoms. The van der Waals surface area contributed by atoms with Crippen molar-refractivity contribution >= 4 is 5.91 Å². The first-order chi connectivity index (χ1) is 14.4. The number of para-hydroxylation sites is 1. The number of carbonyl (C=O) groups excluding carboxylic acids is 1. The molecule has 2 aromatic carbocycles. The monoisotopic (exact) mass is 404 g/mol. The number of carbonyl (C=O) groups is 1. The zero-order chi connectivity index (χ0) is 21.7. The Kier molecular flexibility index (Phi) is 6.72. The third kappa shape index (κ3) is 4.79. The zero-order valence-electron chi connectivity index (χ0n) is 17.6. The molecular formula is C25H28N2O3. The Morgan fingerprint density at radius 3 is 2.33 bits per heavy atom. The molecule has 5 nitrogen and oxygen atoms in total. The number of aromatic nitrogens is 1. The van der Waals surface area contributed by atoms with Crippen LogP contribution < -0.4 is 5.32 Å². The molecule has 1 aromatic heterocycles. The van der Waals surface area contributed by atoms with Crippen molar-refractivity contribution in [2.24, 2.45) is 0 Å². The summed E-state index contributed by atoms with van der Waals surface area (Å²) in [6.07, 6.45) is 1.53. The Morgan fingerprint density at radius 2 is 1.63 bits per heavy atom. The van der Waals surface area contributed by atoms with Crippen molar-refractivity contribution in [1.29, 1.82) is 0 Å². The van der Waals surface area contributed by atoms with E-state index in [9.17, 15) is 15.0 Å². The number of phenols is 1. The van der Waals surface area contributed by atoms with E-state index < -0.39 is 0 Å². The zero-order valence-corrected chi connectivity index (χ0v) is 17.6.